The van der Waals surface area contributed by atoms with E-state index in [1.807, 2.05) is 39.8 Å². The minimum Gasteiger partial charge on any atom is -0.466 e. The van der Waals surface area contributed by atoms with Crippen LogP contribution in [0.5, 0.6) is 0 Å². The standard InChI is InChI=1S/C21H34N2O5/c1-6-13-9-10-15-17(16(13)21(27)28-8-3)20(26)23(14(7-2)11-24)18(15)19(25)22-12(4)5/h9-10,12-18,24H,6-8,11H2,1-5H3,(H,22,25)/t13-,14+,15+,16-,17-,18+/m1/s1. The topological polar surface area (TPSA) is 95.9 Å². The van der Waals surface area contributed by atoms with E-state index >= 15 is 0 Å². The molecule has 7 nitrogen and oxygen atoms in total. The van der Waals surface area contributed by atoms with Crippen molar-refractivity contribution >= 4 is 17.8 Å². The second-order valence-corrected chi connectivity index (χ2v) is 7.94. The zero-order valence-corrected chi connectivity index (χ0v) is 17.6. The van der Waals surface area contributed by atoms with Crippen LogP contribution in [0.2, 0.25) is 0 Å². The monoisotopic (exact) mass is 394 g/mol. The van der Waals surface area contributed by atoms with Crippen LogP contribution in [0.25, 0.3) is 0 Å². The van der Waals surface area contributed by atoms with Gasteiger partial charge in [0, 0.05) is 12.0 Å². The average Bonchev–Trinajstić information content (AvgIpc) is 2.94. The first-order chi connectivity index (χ1) is 13.3. The highest BCUT2D eigenvalue weighted by Crippen LogP contribution is 2.46. The van der Waals surface area contributed by atoms with Gasteiger partial charge in [-0.1, -0.05) is 26.0 Å². The molecule has 0 radical (unpaired) electrons. The quantitative estimate of drug-likeness (QED) is 0.480. The fourth-order valence-corrected chi connectivity index (χ4v) is 4.57. The van der Waals surface area contributed by atoms with E-state index in [4.69, 9.17) is 4.74 Å². The third-order valence-corrected chi connectivity index (χ3v) is 5.85. The summed E-state index contributed by atoms with van der Waals surface area (Å²) >= 11 is 0. The van der Waals surface area contributed by atoms with Crippen LogP contribution in [0.3, 0.4) is 0 Å². The van der Waals surface area contributed by atoms with Gasteiger partial charge in [-0.2, -0.15) is 0 Å². The molecule has 2 amide bonds. The van der Waals surface area contributed by atoms with Gasteiger partial charge in [0.05, 0.1) is 31.1 Å². The number of ether oxygens (including phenoxy) is 1. The lowest BCUT2D eigenvalue weighted by Crippen LogP contribution is -2.53. The molecule has 1 saturated heterocycles. The molecule has 0 aromatic carbocycles. The van der Waals surface area contributed by atoms with E-state index in [2.05, 4.69) is 5.32 Å². The van der Waals surface area contributed by atoms with Crippen molar-refractivity contribution < 1.29 is 24.2 Å². The molecule has 0 spiro atoms. The van der Waals surface area contributed by atoms with Crippen LogP contribution in [0.15, 0.2) is 12.2 Å². The number of nitrogens with zero attached hydrogens (tertiary/aromatic N) is 1. The van der Waals surface area contributed by atoms with Gasteiger partial charge in [-0.15, -0.1) is 0 Å². The zero-order chi connectivity index (χ0) is 21.0. The normalized spacial score (nSPS) is 30.3. The lowest BCUT2D eigenvalue weighted by molar-refractivity contribution is -0.156. The number of allylic oxidation sites excluding steroid dienone is 1. The smallest absolute Gasteiger partial charge is 0.310 e. The van der Waals surface area contributed by atoms with E-state index in [0.29, 0.717) is 12.8 Å². The third kappa shape index (κ3) is 4.09. The number of carbonyl (C=O) groups is 3. The Morgan fingerprint density at radius 1 is 1.25 bits per heavy atom. The number of carbonyl (C=O) groups excluding carboxylic acids is 3. The number of aliphatic hydroxyl groups excluding tert-OH is 1. The Labute approximate surface area is 167 Å². The van der Waals surface area contributed by atoms with Crippen molar-refractivity contribution in [2.24, 2.45) is 23.7 Å². The van der Waals surface area contributed by atoms with Gasteiger partial charge >= 0.3 is 5.97 Å². The number of aliphatic hydroxyl groups is 1. The average molecular weight is 395 g/mol. The number of hydrogen-bond acceptors (Lipinski definition) is 5. The van der Waals surface area contributed by atoms with Gasteiger partial charge in [-0.3, -0.25) is 14.4 Å². The molecule has 7 heteroatoms. The van der Waals surface area contributed by atoms with E-state index in [0.717, 1.165) is 0 Å². The van der Waals surface area contributed by atoms with Crippen molar-refractivity contribution in [3.63, 3.8) is 0 Å². The number of hydrogen-bond donors (Lipinski definition) is 2. The summed E-state index contributed by atoms with van der Waals surface area (Å²) in [6, 6.07) is -1.27. The largest absolute Gasteiger partial charge is 0.466 e. The molecule has 0 aromatic heterocycles. The van der Waals surface area contributed by atoms with Gasteiger partial charge in [0.15, 0.2) is 0 Å². The summed E-state index contributed by atoms with van der Waals surface area (Å²) in [6.45, 7) is 9.35. The van der Waals surface area contributed by atoms with E-state index in [1.165, 1.54) is 4.90 Å². The summed E-state index contributed by atoms with van der Waals surface area (Å²) in [7, 11) is 0. The molecule has 1 heterocycles. The van der Waals surface area contributed by atoms with Crippen LogP contribution in [0.1, 0.15) is 47.5 Å². The van der Waals surface area contributed by atoms with Crippen LogP contribution in [-0.4, -0.2) is 59.1 Å². The predicted molar refractivity (Wildman–Crippen MR) is 105 cm³/mol. The van der Waals surface area contributed by atoms with Gasteiger partial charge in [0.1, 0.15) is 6.04 Å². The zero-order valence-electron chi connectivity index (χ0n) is 17.6. The van der Waals surface area contributed by atoms with Crippen LogP contribution in [0, 0.1) is 23.7 Å². The maximum absolute atomic E-state index is 13.5. The Morgan fingerprint density at radius 2 is 1.93 bits per heavy atom. The van der Waals surface area contributed by atoms with Crippen LogP contribution in [-0.2, 0) is 19.1 Å². The Kier molecular flexibility index (Phi) is 7.63. The number of amides is 2. The third-order valence-electron chi connectivity index (χ3n) is 5.85. The van der Waals surface area contributed by atoms with Gasteiger partial charge in [-0.05, 0) is 39.5 Å². The SMILES string of the molecule is CCOC(=O)[C@H]1[C@@H]2C(=O)N([C@@H](CC)CO)[C@H](C(=O)NC(C)C)[C@H]2C=C[C@H]1CC. The minimum absolute atomic E-state index is 0.0745. The molecule has 6 atom stereocenters. The van der Waals surface area contributed by atoms with E-state index in [1.54, 1.807) is 6.92 Å². The molecule has 0 aromatic rings. The minimum atomic E-state index is -0.733. The lowest BCUT2D eigenvalue weighted by Gasteiger charge is -2.34. The first-order valence-electron chi connectivity index (χ1n) is 10.4. The Bertz CT molecular complexity index is 614. The summed E-state index contributed by atoms with van der Waals surface area (Å²) in [5.74, 6) is -2.64. The van der Waals surface area contributed by atoms with E-state index in [9.17, 15) is 19.5 Å². The number of fused-ring (bicyclic) bond motifs is 1. The van der Waals surface area contributed by atoms with E-state index < -0.39 is 29.8 Å². The summed E-state index contributed by atoms with van der Waals surface area (Å²) in [4.78, 5) is 40.8. The second-order valence-electron chi connectivity index (χ2n) is 7.94. The molecule has 2 aliphatic rings. The number of likely N-dealkylation sites (tertiary alicyclic amines) is 1. The first kappa shape index (κ1) is 22.4. The molecule has 0 bridgehead atoms. The fourth-order valence-electron chi connectivity index (χ4n) is 4.57. The van der Waals surface area contributed by atoms with Gasteiger partial charge in [-0.25, -0.2) is 0 Å². The maximum atomic E-state index is 13.5. The Balaban J connectivity index is 2.51. The van der Waals surface area contributed by atoms with Crippen molar-refractivity contribution in [3.8, 4) is 0 Å². The second kappa shape index (κ2) is 9.54. The Morgan fingerprint density at radius 3 is 2.43 bits per heavy atom. The fraction of sp³-hybridized carbons (Fsp3) is 0.762. The van der Waals surface area contributed by atoms with Crippen molar-refractivity contribution in [1.82, 2.24) is 10.2 Å². The molecule has 0 unspecified atom stereocenters. The molecule has 158 valence electrons. The number of esters is 1. The summed E-state index contributed by atoms with van der Waals surface area (Å²) in [5, 5.41) is 12.7. The highest BCUT2D eigenvalue weighted by Gasteiger charge is 2.58. The molecule has 0 saturated carbocycles. The van der Waals surface area contributed by atoms with Crippen LogP contribution < -0.4 is 5.32 Å². The summed E-state index contributed by atoms with van der Waals surface area (Å²) in [6.07, 6.45) is 5.10. The molecule has 2 N–H and O–H groups in total. The van der Waals surface area contributed by atoms with Gasteiger partial charge in [0.25, 0.3) is 0 Å². The van der Waals surface area contributed by atoms with Crippen molar-refractivity contribution in [1.29, 1.82) is 0 Å². The van der Waals surface area contributed by atoms with Gasteiger partial charge in [0.2, 0.25) is 11.8 Å². The lowest BCUT2D eigenvalue weighted by atomic mass is 9.69. The predicted octanol–water partition coefficient (Wildman–Crippen LogP) is 1.50. The first-order valence-corrected chi connectivity index (χ1v) is 10.4. The van der Waals surface area contributed by atoms with Gasteiger partial charge < -0.3 is 20.1 Å². The molecule has 1 aliphatic carbocycles. The molecular weight excluding hydrogens is 360 g/mol. The summed E-state index contributed by atoms with van der Waals surface area (Å²) < 4.78 is 5.29. The molecule has 28 heavy (non-hydrogen) atoms. The molecule has 2 rings (SSSR count). The van der Waals surface area contributed by atoms with Crippen LogP contribution >= 0.6 is 0 Å². The summed E-state index contributed by atoms with van der Waals surface area (Å²) in [5.41, 5.74) is 0. The molecular formula is C21H34N2O5. The highest BCUT2D eigenvalue weighted by atomic mass is 16.5. The van der Waals surface area contributed by atoms with Crippen molar-refractivity contribution in [3.05, 3.63) is 12.2 Å². The van der Waals surface area contributed by atoms with E-state index in [-0.39, 0.29) is 43.0 Å². The Hall–Kier alpha value is -1.89. The molecule has 1 aliphatic heterocycles. The number of rotatable bonds is 8. The highest BCUT2D eigenvalue weighted by molar-refractivity contribution is 5.96. The van der Waals surface area contributed by atoms with Crippen LogP contribution in [0.4, 0.5) is 0 Å². The van der Waals surface area contributed by atoms with Crippen molar-refractivity contribution in [2.45, 2.75) is 65.6 Å². The molecule has 1 fully saturated rings. The number of nitrogens with one attached hydrogen (secondary N) is 1. The maximum Gasteiger partial charge on any atom is 0.310 e. The van der Waals surface area contributed by atoms with Crippen molar-refractivity contribution in [2.75, 3.05) is 13.2 Å².